The third-order valence-corrected chi connectivity index (χ3v) is 18.1. The molecule has 0 rings (SSSR count). The second kappa shape index (κ2) is 73.0. The predicted octanol–water partition coefficient (Wildman–Crippen LogP) is 22.6. The average Bonchev–Trinajstić information content (AvgIpc) is 1.02. The molecule has 0 bridgehead atoms. The molecule has 19 heteroatoms. The van der Waals surface area contributed by atoms with Crippen molar-refractivity contribution in [3.63, 3.8) is 0 Å². The molecule has 0 aromatic heterocycles. The lowest BCUT2D eigenvalue weighted by atomic mass is 10.1. The summed E-state index contributed by atoms with van der Waals surface area (Å²) >= 11 is 0. The Labute approximate surface area is 607 Å². The Morgan fingerprint density at radius 1 is 0.290 bits per heavy atom. The Kier molecular flexibility index (Phi) is 69.9. The number of aliphatic hydroxyl groups is 1. The van der Waals surface area contributed by atoms with Gasteiger partial charge in [0.1, 0.15) is 19.3 Å². The van der Waals surface area contributed by atoms with Gasteiger partial charge in [-0.2, -0.15) is 0 Å². The van der Waals surface area contributed by atoms with Gasteiger partial charge in [0, 0.05) is 25.7 Å². The van der Waals surface area contributed by atoms with Gasteiger partial charge in [-0.1, -0.05) is 278 Å². The van der Waals surface area contributed by atoms with Crippen molar-refractivity contribution in [3.8, 4) is 0 Å². The molecule has 0 amide bonds. The smallest absolute Gasteiger partial charge is 0.462 e. The predicted molar refractivity (Wildman–Crippen MR) is 408 cm³/mol. The maximum absolute atomic E-state index is 13.1. The molecule has 3 N–H and O–H groups in total. The zero-order valence-corrected chi connectivity index (χ0v) is 64.6. The number of phosphoric acid groups is 2. The van der Waals surface area contributed by atoms with Crippen LogP contribution in [0, 0.1) is 0 Å². The number of carbonyl (C=O) groups is 4. The summed E-state index contributed by atoms with van der Waals surface area (Å²) in [5.74, 6) is -2.21. The number of allylic oxidation sites excluding steroid dienone is 18. The molecule has 100 heavy (non-hydrogen) atoms. The highest BCUT2D eigenvalue weighted by molar-refractivity contribution is 7.47. The van der Waals surface area contributed by atoms with Gasteiger partial charge in [0.2, 0.25) is 0 Å². The van der Waals surface area contributed by atoms with Gasteiger partial charge in [-0.25, -0.2) is 9.13 Å². The van der Waals surface area contributed by atoms with Crippen molar-refractivity contribution in [2.75, 3.05) is 39.6 Å². The Bertz CT molecular complexity index is 2320. The number of aliphatic hydroxyl groups excluding tert-OH is 1. The van der Waals surface area contributed by atoms with Gasteiger partial charge in [-0.05, 0) is 128 Å². The van der Waals surface area contributed by atoms with Gasteiger partial charge in [0.25, 0.3) is 0 Å². The highest BCUT2D eigenvalue weighted by Gasteiger charge is 2.30. The molecule has 0 aliphatic carbocycles. The van der Waals surface area contributed by atoms with Gasteiger partial charge < -0.3 is 33.8 Å². The van der Waals surface area contributed by atoms with E-state index in [-0.39, 0.29) is 25.7 Å². The fourth-order valence-corrected chi connectivity index (χ4v) is 11.9. The van der Waals surface area contributed by atoms with Crippen LogP contribution in [0.2, 0.25) is 0 Å². The van der Waals surface area contributed by atoms with E-state index in [2.05, 4.69) is 137 Å². The number of esters is 4. The van der Waals surface area contributed by atoms with E-state index in [1.165, 1.54) is 57.8 Å². The summed E-state index contributed by atoms with van der Waals surface area (Å²) in [4.78, 5) is 72.9. The van der Waals surface area contributed by atoms with Crippen LogP contribution in [0.5, 0.6) is 0 Å². The van der Waals surface area contributed by atoms with Crippen LogP contribution >= 0.6 is 15.6 Å². The molecule has 0 spiro atoms. The van der Waals surface area contributed by atoms with Gasteiger partial charge in [0.15, 0.2) is 12.2 Å². The van der Waals surface area contributed by atoms with Crippen molar-refractivity contribution in [2.45, 2.75) is 341 Å². The van der Waals surface area contributed by atoms with Crippen LogP contribution in [0.3, 0.4) is 0 Å². The van der Waals surface area contributed by atoms with E-state index >= 15 is 0 Å². The lowest BCUT2D eigenvalue weighted by Gasteiger charge is -2.21. The second-order valence-corrected chi connectivity index (χ2v) is 28.8. The summed E-state index contributed by atoms with van der Waals surface area (Å²) in [7, 11) is -9.96. The van der Waals surface area contributed by atoms with Crippen molar-refractivity contribution < 1.29 is 80.2 Å². The summed E-state index contributed by atoms with van der Waals surface area (Å²) < 4.78 is 68.5. The van der Waals surface area contributed by atoms with E-state index in [4.69, 9.17) is 37.0 Å². The highest BCUT2D eigenvalue weighted by atomic mass is 31.2. The van der Waals surface area contributed by atoms with Gasteiger partial charge in [-0.3, -0.25) is 37.3 Å². The number of ether oxygens (including phenoxy) is 4. The molecule has 0 aliphatic rings. The molecule has 0 aromatic carbocycles. The van der Waals surface area contributed by atoms with Crippen LogP contribution in [0.4, 0.5) is 0 Å². The molecule has 0 aromatic rings. The quantitative estimate of drug-likeness (QED) is 0.0169. The first-order valence-corrected chi connectivity index (χ1v) is 42.1. The third-order valence-electron chi connectivity index (χ3n) is 16.2. The van der Waals surface area contributed by atoms with Crippen molar-refractivity contribution in [1.82, 2.24) is 0 Å². The number of rotatable bonds is 73. The Hall–Kier alpha value is -4.28. The fourth-order valence-electron chi connectivity index (χ4n) is 10.3. The number of carbonyl (C=O) groups excluding carboxylic acids is 4. The molecular formula is C81H140O17P2. The number of phosphoric ester groups is 2. The topological polar surface area (TPSA) is 237 Å². The Balaban J connectivity index is 5.35. The normalized spacial score (nSPS) is 14.5. The van der Waals surface area contributed by atoms with E-state index in [9.17, 15) is 43.2 Å². The first-order chi connectivity index (χ1) is 48.7. The van der Waals surface area contributed by atoms with E-state index in [1.54, 1.807) is 0 Å². The first kappa shape index (κ1) is 95.7. The SMILES string of the molecule is CC/C=C\C/C=C\C/C=C\C/C=C\CCCCCCC(=O)OCC(COP(=O)(O)OCC(O)COP(=O)(O)OCC(COC(=O)CCCCCCCCC/C=C\C/C=C\C/C=C\CC)OC(=O)CCCCCCCCCCCCC)OC(=O)CCCCCCC/C=C\C/C=C\CCCCC. The van der Waals surface area contributed by atoms with Crippen molar-refractivity contribution >= 4 is 39.5 Å². The summed E-state index contributed by atoms with van der Waals surface area (Å²) in [6, 6.07) is 0. The van der Waals surface area contributed by atoms with Crippen molar-refractivity contribution in [1.29, 1.82) is 0 Å². The lowest BCUT2D eigenvalue weighted by Crippen LogP contribution is -2.30. The third kappa shape index (κ3) is 72.1. The molecule has 0 saturated heterocycles. The summed E-state index contributed by atoms with van der Waals surface area (Å²) in [5, 5.41) is 10.6. The van der Waals surface area contributed by atoms with Gasteiger partial charge in [-0.15, -0.1) is 0 Å². The lowest BCUT2D eigenvalue weighted by molar-refractivity contribution is -0.161. The van der Waals surface area contributed by atoms with E-state index in [1.807, 2.05) is 0 Å². The van der Waals surface area contributed by atoms with Crippen LogP contribution in [0.25, 0.3) is 0 Å². The molecule has 5 unspecified atom stereocenters. The zero-order valence-electron chi connectivity index (χ0n) is 62.8. The maximum Gasteiger partial charge on any atom is 0.472 e. The standard InChI is InChI=1S/C81H140O17P2/c1-5-9-13-17-21-25-29-32-35-37-40-42-46-49-53-57-61-65-78(83)91-71-76(97-80(85)67-63-59-55-51-45-28-24-20-16-12-8-4)73-95-99(87,88)93-69-75(82)70-94-100(89,90)96-74-77(98-81(86)68-64-60-56-52-48-44-39-34-31-27-23-19-15-11-7-3)72-92-79(84)66-62-58-54-50-47-43-41-38-36-33-30-26-22-18-14-10-6-2/h9-10,13-14,21-23,25-27,32-36,39,41,43,75-77,82H,5-8,11-12,15-20,24,28-31,37-38,40,42,44-74H2,1-4H3,(H,87,88)(H,89,90)/b13-9-,14-10-,25-21-,26-22-,27-23-,35-32-,36-33-,39-34-,43-41-. The van der Waals surface area contributed by atoms with E-state index < -0.39 is 97.5 Å². The van der Waals surface area contributed by atoms with Crippen LogP contribution in [-0.2, 0) is 65.4 Å². The molecule has 0 saturated carbocycles. The molecule has 0 aliphatic heterocycles. The fraction of sp³-hybridized carbons (Fsp3) is 0.728. The Morgan fingerprint density at radius 3 is 0.820 bits per heavy atom. The second-order valence-electron chi connectivity index (χ2n) is 25.9. The number of hydrogen-bond acceptors (Lipinski definition) is 15. The summed E-state index contributed by atoms with van der Waals surface area (Å²) in [6.07, 6.45) is 77.8. The van der Waals surface area contributed by atoms with Crippen LogP contribution in [-0.4, -0.2) is 96.7 Å². The molecule has 17 nitrogen and oxygen atoms in total. The van der Waals surface area contributed by atoms with Crippen molar-refractivity contribution in [2.24, 2.45) is 0 Å². The number of unbranched alkanes of at least 4 members (excludes halogenated alkanes) is 29. The van der Waals surface area contributed by atoms with Gasteiger partial charge in [0.05, 0.1) is 26.4 Å². The molecule has 0 heterocycles. The minimum Gasteiger partial charge on any atom is -0.462 e. The molecule has 0 fully saturated rings. The summed E-state index contributed by atoms with van der Waals surface area (Å²) in [6.45, 7) is 4.59. The minimum absolute atomic E-state index is 0.0726. The summed E-state index contributed by atoms with van der Waals surface area (Å²) in [5.41, 5.74) is 0. The number of hydrogen-bond donors (Lipinski definition) is 3. The largest absolute Gasteiger partial charge is 0.472 e. The van der Waals surface area contributed by atoms with Crippen LogP contribution in [0.1, 0.15) is 323 Å². The zero-order chi connectivity index (χ0) is 73.2. The monoisotopic (exact) mass is 1450 g/mol. The first-order valence-electron chi connectivity index (χ1n) is 39.1. The maximum atomic E-state index is 13.1. The minimum atomic E-state index is -4.98. The van der Waals surface area contributed by atoms with E-state index in [0.29, 0.717) is 25.7 Å². The van der Waals surface area contributed by atoms with E-state index in [0.717, 1.165) is 186 Å². The molecule has 5 atom stereocenters. The molecule has 576 valence electrons. The average molecular weight is 1450 g/mol. The van der Waals surface area contributed by atoms with Gasteiger partial charge >= 0.3 is 39.5 Å². The van der Waals surface area contributed by atoms with Crippen LogP contribution < -0.4 is 0 Å². The molecule has 0 radical (unpaired) electrons. The van der Waals surface area contributed by atoms with Crippen molar-refractivity contribution in [3.05, 3.63) is 109 Å². The Morgan fingerprint density at radius 2 is 0.520 bits per heavy atom. The molecular weight excluding hydrogens is 1310 g/mol. The highest BCUT2D eigenvalue weighted by Crippen LogP contribution is 2.45. The van der Waals surface area contributed by atoms with Crippen LogP contribution in [0.15, 0.2) is 109 Å².